The maximum absolute atomic E-state index is 5.91. The van der Waals surface area contributed by atoms with Gasteiger partial charge in [0.05, 0.1) is 0 Å². The Morgan fingerprint density at radius 3 is 2.30 bits per heavy atom. The lowest BCUT2D eigenvalue weighted by molar-refractivity contribution is 0.114. The second kappa shape index (κ2) is 12.0. The summed E-state index contributed by atoms with van der Waals surface area (Å²) in [6.45, 7) is 1.92. The Bertz CT molecular complexity index is 626. The molecular formula is C26H36O. The number of unbranched alkanes of at least 4 members (excludes halogenated alkanes) is 2. The van der Waals surface area contributed by atoms with Crippen LogP contribution >= 0.6 is 0 Å². The third-order valence-electron chi connectivity index (χ3n) is 5.93. The number of rotatable bonds is 10. The lowest BCUT2D eigenvalue weighted by Crippen LogP contribution is -2.05. The van der Waals surface area contributed by atoms with Crippen LogP contribution in [0.5, 0.6) is 0 Å². The summed E-state index contributed by atoms with van der Waals surface area (Å²) in [5.74, 6) is 0.935. The first-order chi connectivity index (χ1) is 13.4. The standard InChI is InChI=1S/C26H36O/c1-2-6-13-23(12-5-1)19-21-27-20-10-4-7-14-24-15-11-18-26(22-24)25-16-8-3-9-17-25/h3,8-9,11,15-18,22-23H,1-2,4-7,10,12-14,19-21H2. The molecule has 1 heteroatoms. The number of hydrogen-bond acceptors (Lipinski definition) is 1. The number of ether oxygens (including phenoxy) is 1. The molecule has 3 rings (SSSR count). The average molecular weight is 365 g/mol. The molecule has 0 N–H and O–H groups in total. The second-order valence-corrected chi connectivity index (χ2v) is 8.14. The molecule has 0 bridgehead atoms. The van der Waals surface area contributed by atoms with E-state index >= 15 is 0 Å². The molecule has 0 heterocycles. The molecule has 1 nitrogen and oxygen atoms in total. The zero-order valence-electron chi connectivity index (χ0n) is 16.9. The third kappa shape index (κ3) is 7.50. The molecule has 1 aliphatic carbocycles. The summed E-state index contributed by atoms with van der Waals surface area (Å²) in [4.78, 5) is 0. The van der Waals surface area contributed by atoms with Gasteiger partial charge in [-0.2, -0.15) is 0 Å². The predicted molar refractivity (Wildman–Crippen MR) is 116 cm³/mol. The summed E-state index contributed by atoms with van der Waals surface area (Å²) in [5.41, 5.74) is 4.09. The van der Waals surface area contributed by atoms with Crippen LogP contribution in [-0.2, 0) is 11.2 Å². The third-order valence-corrected chi connectivity index (χ3v) is 5.93. The smallest absolute Gasteiger partial charge is 0.0468 e. The van der Waals surface area contributed by atoms with Crippen LogP contribution < -0.4 is 0 Å². The Morgan fingerprint density at radius 1 is 0.704 bits per heavy atom. The minimum atomic E-state index is 0.935. The van der Waals surface area contributed by atoms with Crippen LogP contribution in [0.25, 0.3) is 11.1 Å². The van der Waals surface area contributed by atoms with Crippen molar-refractivity contribution in [3.05, 3.63) is 60.2 Å². The van der Waals surface area contributed by atoms with Crippen LogP contribution in [0.2, 0.25) is 0 Å². The lowest BCUT2D eigenvalue weighted by atomic mass is 9.97. The molecule has 0 aliphatic heterocycles. The fourth-order valence-electron chi connectivity index (χ4n) is 4.25. The zero-order valence-corrected chi connectivity index (χ0v) is 16.9. The fraction of sp³-hybridized carbons (Fsp3) is 0.538. The average Bonchev–Trinajstić information content (AvgIpc) is 3.00. The van der Waals surface area contributed by atoms with Crippen molar-refractivity contribution in [1.29, 1.82) is 0 Å². The van der Waals surface area contributed by atoms with Crippen molar-refractivity contribution >= 4 is 0 Å². The van der Waals surface area contributed by atoms with Crippen molar-refractivity contribution in [1.82, 2.24) is 0 Å². The van der Waals surface area contributed by atoms with E-state index < -0.39 is 0 Å². The predicted octanol–water partition coefficient (Wildman–Crippen LogP) is 7.44. The first-order valence-electron chi connectivity index (χ1n) is 11.1. The van der Waals surface area contributed by atoms with Crippen LogP contribution in [0, 0.1) is 5.92 Å². The van der Waals surface area contributed by atoms with E-state index in [9.17, 15) is 0 Å². The second-order valence-electron chi connectivity index (χ2n) is 8.14. The van der Waals surface area contributed by atoms with Crippen LogP contribution in [0.4, 0.5) is 0 Å². The largest absolute Gasteiger partial charge is 0.381 e. The number of aryl methyl sites for hydroxylation is 1. The summed E-state index contributed by atoms with van der Waals surface area (Å²) in [6, 6.07) is 19.7. The summed E-state index contributed by atoms with van der Waals surface area (Å²) < 4.78 is 5.91. The van der Waals surface area contributed by atoms with Gasteiger partial charge in [-0.05, 0) is 48.3 Å². The van der Waals surface area contributed by atoms with Gasteiger partial charge in [0.2, 0.25) is 0 Å². The summed E-state index contributed by atoms with van der Waals surface area (Å²) in [7, 11) is 0. The van der Waals surface area contributed by atoms with E-state index in [1.807, 2.05) is 0 Å². The zero-order chi connectivity index (χ0) is 18.6. The van der Waals surface area contributed by atoms with Crippen molar-refractivity contribution in [2.24, 2.45) is 5.92 Å². The molecule has 0 aromatic heterocycles. The van der Waals surface area contributed by atoms with E-state index in [0.717, 1.165) is 19.1 Å². The minimum absolute atomic E-state index is 0.935. The Balaban J connectivity index is 1.26. The van der Waals surface area contributed by atoms with Gasteiger partial charge in [-0.25, -0.2) is 0 Å². The van der Waals surface area contributed by atoms with Crippen LogP contribution in [0.3, 0.4) is 0 Å². The Labute approximate surface area is 166 Å². The highest BCUT2D eigenvalue weighted by atomic mass is 16.5. The van der Waals surface area contributed by atoms with E-state index in [4.69, 9.17) is 4.74 Å². The highest BCUT2D eigenvalue weighted by molar-refractivity contribution is 5.63. The van der Waals surface area contributed by atoms with Crippen molar-refractivity contribution in [2.45, 2.75) is 70.6 Å². The fourth-order valence-corrected chi connectivity index (χ4v) is 4.25. The highest BCUT2D eigenvalue weighted by Crippen LogP contribution is 2.25. The Hall–Kier alpha value is -1.60. The first kappa shape index (κ1) is 20.1. The molecule has 2 aromatic carbocycles. The van der Waals surface area contributed by atoms with Gasteiger partial charge in [0.1, 0.15) is 0 Å². The number of benzene rings is 2. The van der Waals surface area contributed by atoms with Crippen molar-refractivity contribution < 1.29 is 4.74 Å². The van der Waals surface area contributed by atoms with Gasteiger partial charge in [-0.3, -0.25) is 0 Å². The van der Waals surface area contributed by atoms with Gasteiger partial charge < -0.3 is 4.74 Å². The van der Waals surface area contributed by atoms with E-state index in [2.05, 4.69) is 54.6 Å². The molecule has 0 unspecified atom stereocenters. The summed E-state index contributed by atoms with van der Waals surface area (Å²) in [5, 5.41) is 0. The normalized spacial score (nSPS) is 15.6. The summed E-state index contributed by atoms with van der Waals surface area (Å²) >= 11 is 0. The van der Waals surface area contributed by atoms with Crippen LogP contribution in [-0.4, -0.2) is 13.2 Å². The molecule has 146 valence electrons. The quantitative estimate of drug-likeness (QED) is 0.314. The van der Waals surface area contributed by atoms with E-state index in [1.54, 1.807) is 0 Å². The van der Waals surface area contributed by atoms with Crippen molar-refractivity contribution in [2.75, 3.05) is 13.2 Å². The molecule has 0 amide bonds. The first-order valence-corrected chi connectivity index (χ1v) is 11.1. The Morgan fingerprint density at radius 2 is 1.48 bits per heavy atom. The molecule has 2 aromatic rings. The molecule has 0 radical (unpaired) electrons. The van der Waals surface area contributed by atoms with Gasteiger partial charge in [-0.15, -0.1) is 0 Å². The molecule has 0 atom stereocenters. The summed E-state index contributed by atoms with van der Waals surface area (Å²) in [6.07, 6.45) is 14.8. The highest BCUT2D eigenvalue weighted by Gasteiger charge is 2.11. The molecule has 1 fully saturated rings. The van der Waals surface area contributed by atoms with E-state index in [0.29, 0.717) is 0 Å². The minimum Gasteiger partial charge on any atom is -0.381 e. The maximum atomic E-state index is 5.91. The van der Waals surface area contributed by atoms with E-state index in [1.165, 1.54) is 87.3 Å². The topological polar surface area (TPSA) is 9.23 Å². The Kier molecular flexibility index (Phi) is 8.93. The van der Waals surface area contributed by atoms with Crippen LogP contribution in [0.1, 0.15) is 69.8 Å². The molecule has 0 spiro atoms. The van der Waals surface area contributed by atoms with Gasteiger partial charge >= 0.3 is 0 Å². The van der Waals surface area contributed by atoms with Gasteiger partial charge in [0.25, 0.3) is 0 Å². The number of hydrogen-bond donors (Lipinski definition) is 0. The molecule has 0 saturated heterocycles. The lowest BCUT2D eigenvalue weighted by Gasteiger charge is -2.13. The molecule has 1 aliphatic rings. The van der Waals surface area contributed by atoms with Crippen molar-refractivity contribution in [3.63, 3.8) is 0 Å². The molecular weight excluding hydrogens is 328 g/mol. The van der Waals surface area contributed by atoms with Gasteiger partial charge in [0.15, 0.2) is 0 Å². The molecule has 27 heavy (non-hydrogen) atoms. The van der Waals surface area contributed by atoms with Crippen LogP contribution in [0.15, 0.2) is 54.6 Å². The van der Waals surface area contributed by atoms with Gasteiger partial charge in [0, 0.05) is 13.2 Å². The monoisotopic (exact) mass is 364 g/mol. The van der Waals surface area contributed by atoms with Crippen molar-refractivity contribution in [3.8, 4) is 11.1 Å². The van der Waals surface area contributed by atoms with Gasteiger partial charge in [-0.1, -0.05) is 99.5 Å². The maximum Gasteiger partial charge on any atom is 0.0468 e. The van der Waals surface area contributed by atoms with E-state index in [-0.39, 0.29) is 0 Å². The SMILES string of the molecule is c1ccc(-c2cccc(CCCCCOCCC3CCCCCC3)c2)cc1. The molecule has 1 saturated carbocycles.